The average molecular weight is 705 g/mol. The van der Waals surface area contributed by atoms with Crippen molar-refractivity contribution in [1.29, 1.82) is 0 Å². The minimum Gasteiger partial charge on any atom is -0.325 e. The summed E-state index contributed by atoms with van der Waals surface area (Å²) in [5.41, 5.74) is 3.18. The fourth-order valence-corrected chi connectivity index (χ4v) is 7.44. The van der Waals surface area contributed by atoms with Gasteiger partial charge in [-0.1, -0.05) is 0 Å². The lowest BCUT2D eigenvalue weighted by molar-refractivity contribution is -0.128. The van der Waals surface area contributed by atoms with Crippen LogP contribution in [0.2, 0.25) is 0 Å². The number of carbonyl (C=O) groups excluding carboxylic acids is 2. The molecule has 1 saturated heterocycles. The number of alkyl halides is 2. The van der Waals surface area contributed by atoms with Gasteiger partial charge in [0, 0.05) is 59.3 Å². The van der Waals surface area contributed by atoms with E-state index in [1.165, 1.54) is 11.8 Å². The number of hydrogen-bond acceptors (Lipinski definition) is 10. The second-order valence-corrected chi connectivity index (χ2v) is 14.6. The van der Waals surface area contributed by atoms with Crippen LogP contribution in [0.1, 0.15) is 30.7 Å². The fraction of sp³-hybridized carbons (Fsp3) is 0.433. The van der Waals surface area contributed by atoms with Crippen LogP contribution in [-0.2, 0) is 18.7 Å². The Morgan fingerprint density at radius 1 is 1.15 bits per heavy atom. The number of carbonyl (C=O) groups is 2. The summed E-state index contributed by atoms with van der Waals surface area (Å²) in [4.78, 5) is 56.0. The van der Waals surface area contributed by atoms with Crippen LogP contribution in [0.5, 0.6) is 0 Å². The van der Waals surface area contributed by atoms with Crippen LogP contribution in [0.3, 0.4) is 0 Å². The Balaban J connectivity index is 1.03. The molecule has 1 amide bonds. The molecular formula is C30H35F2N8O6PS. The van der Waals surface area contributed by atoms with E-state index in [-0.39, 0.29) is 24.8 Å². The number of halogens is 2. The number of benzene rings is 1. The van der Waals surface area contributed by atoms with Crippen molar-refractivity contribution in [1.82, 2.24) is 29.5 Å². The Bertz CT molecular complexity index is 1870. The summed E-state index contributed by atoms with van der Waals surface area (Å²) in [7, 11) is -4.86. The normalized spacial score (nSPS) is 21.2. The first-order chi connectivity index (χ1) is 22.7. The van der Waals surface area contributed by atoms with Gasteiger partial charge in [-0.15, -0.1) is 0 Å². The molecule has 0 radical (unpaired) electrons. The van der Waals surface area contributed by atoms with Crippen LogP contribution in [0.4, 0.5) is 26.2 Å². The Morgan fingerprint density at radius 3 is 2.62 bits per heavy atom. The number of Topliss-reactive ketones (excluding diaryl/α,β-unsaturated/α-hetero) is 1. The van der Waals surface area contributed by atoms with E-state index < -0.39 is 50.9 Å². The molecule has 2 fully saturated rings. The van der Waals surface area contributed by atoms with E-state index in [1.807, 2.05) is 48.6 Å². The van der Waals surface area contributed by atoms with Gasteiger partial charge in [-0.05, 0) is 80.9 Å². The Kier molecular flexibility index (Phi) is 9.71. The lowest BCUT2D eigenvalue weighted by Gasteiger charge is -2.21. The predicted octanol–water partition coefficient (Wildman–Crippen LogP) is 4.56. The highest BCUT2D eigenvalue weighted by atomic mass is 32.2. The number of ketones is 1. The maximum atomic E-state index is 14.2. The van der Waals surface area contributed by atoms with E-state index in [0.29, 0.717) is 35.6 Å². The smallest absolute Gasteiger partial charge is 0.325 e. The summed E-state index contributed by atoms with van der Waals surface area (Å²) < 4.78 is 45.8. The molecule has 3 unspecified atom stereocenters. The molecule has 18 heteroatoms. The third kappa shape index (κ3) is 8.28. The van der Waals surface area contributed by atoms with Crippen molar-refractivity contribution in [3.05, 3.63) is 53.9 Å². The van der Waals surface area contributed by atoms with E-state index in [9.17, 15) is 22.9 Å². The number of H-pyrrole nitrogens is 1. The summed E-state index contributed by atoms with van der Waals surface area (Å²) in [6.45, 7) is 3.94. The van der Waals surface area contributed by atoms with Crippen LogP contribution >= 0.6 is 19.6 Å². The molecule has 1 saturated carbocycles. The molecule has 1 aliphatic heterocycles. The third-order valence-corrected chi connectivity index (χ3v) is 9.84. The van der Waals surface area contributed by atoms with Crippen molar-refractivity contribution in [2.45, 2.75) is 49.1 Å². The number of aryl methyl sites for hydroxylation is 2. The summed E-state index contributed by atoms with van der Waals surface area (Å²) in [6.07, 6.45) is -0.942. The molecular weight excluding hydrogens is 669 g/mol. The Hall–Kier alpha value is -3.73. The maximum absolute atomic E-state index is 14.2. The molecule has 4 heterocycles. The van der Waals surface area contributed by atoms with E-state index in [1.54, 1.807) is 17.0 Å². The molecule has 5 N–H and O–H groups in total. The van der Waals surface area contributed by atoms with Gasteiger partial charge in [0.2, 0.25) is 17.8 Å². The number of phosphoric ester groups is 1. The largest absolute Gasteiger partial charge is 0.469 e. The van der Waals surface area contributed by atoms with Crippen molar-refractivity contribution in [2.24, 2.45) is 17.8 Å². The monoisotopic (exact) mass is 704 g/mol. The molecule has 48 heavy (non-hydrogen) atoms. The lowest BCUT2D eigenvalue weighted by atomic mass is 9.85. The van der Waals surface area contributed by atoms with E-state index in [0.717, 1.165) is 21.9 Å². The van der Waals surface area contributed by atoms with Crippen LogP contribution in [0.25, 0.3) is 5.65 Å². The molecule has 1 aromatic carbocycles. The van der Waals surface area contributed by atoms with Crippen LogP contribution in [0.15, 0.2) is 52.5 Å². The first-order valence-electron chi connectivity index (χ1n) is 15.3. The number of phosphoric acid groups is 1. The zero-order valence-electron chi connectivity index (χ0n) is 26.1. The molecule has 256 valence electrons. The molecule has 2 aliphatic rings. The molecule has 4 aromatic rings. The van der Waals surface area contributed by atoms with Gasteiger partial charge in [0.1, 0.15) is 11.4 Å². The number of anilines is 3. The van der Waals surface area contributed by atoms with Crippen LogP contribution in [0, 0.1) is 31.6 Å². The number of aromatic amines is 1. The van der Waals surface area contributed by atoms with Crippen LogP contribution < -0.4 is 10.6 Å². The first-order valence-corrected chi connectivity index (χ1v) is 17.6. The molecule has 3 aromatic heterocycles. The zero-order valence-corrected chi connectivity index (χ0v) is 27.8. The quantitative estimate of drug-likeness (QED) is 0.130. The number of nitrogens with one attached hydrogen (secondary N) is 3. The maximum Gasteiger partial charge on any atom is 0.469 e. The molecule has 0 bridgehead atoms. The van der Waals surface area contributed by atoms with E-state index >= 15 is 0 Å². The van der Waals surface area contributed by atoms with Gasteiger partial charge in [0.25, 0.3) is 0 Å². The van der Waals surface area contributed by atoms with Crippen molar-refractivity contribution in [2.75, 3.05) is 36.9 Å². The predicted molar refractivity (Wildman–Crippen MR) is 172 cm³/mol. The van der Waals surface area contributed by atoms with Crippen molar-refractivity contribution >= 4 is 54.4 Å². The van der Waals surface area contributed by atoms with Crippen molar-refractivity contribution in [3.63, 3.8) is 0 Å². The number of rotatable bonds is 12. The second kappa shape index (κ2) is 13.6. The number of fused-ring (bicyclic) bond motifs is 1. The van der Waals surface area contributed by atoms with Crippen molar-refractivity contribution in [3.8, 4) is 0 Å². The highest BCUT2D eigenvalue weighted by Gasteiger charge is 2.51. The van der Waals surface area contributed by atoms with Gasteiger partial charge in [-0.25, -0.2) is 18.3 Å². The summed E-state index contributed by atoms with van der Waals surface area (Å²) >= 11 is 1.36. The molecule has 3 atom stereocenters. The number of likely N-dealkylation sites (tertiary alicyclic amines) is 1. The van der Waals surface area contributed by atoms with Crippen molar-refractivity contribution < 1.29 is 37.2 Å². The second-order valence-electron chi connectivity index (χ2n) is 12.3. The SMILES string of the molecule is Cc1cc(Nc2nc(Sc3ccc(NC(=O)CN4CCC(C(=O)C5CC(F)(F)CC5COP(=O)(O)O)C4)cc3)nc3ccc(C)n23)n[nH]1. The third-order valence-electron chi connectivity index (χ3n) is 8.48. The fourth-order valence-electron chi connectivity index (χ4n) is 6.30. The minimum absolute atomic E-state index is 0.0156. The molecule has 14 nitrogen and oxygen atoms in total. The lowest BCUT2D eigenvalue weighted by Crippen LogP contribution is -2.34. The minimum atomic E-state index is -4.86. The standard InChI is InChI=1S/C30H35F2N8O6PS/c1-17-11-24(38-37-17)34-28-36-29(35-25-8-3-18(2)40(25)28)48-22-6-4-21(5-7-22)33-26(41)15-39-10-9-19(14-39)27(42)23-13-30(31,32)12-20(23)16-46-47(43,44)45/h3-8,11,19-20,23H,9-10,12-16H2,1-2H3,(H,33,41)(H2,43,44,45)(H2,34,35,36,37,38). The van der Waals surface area contributed by atoms with Gasteiger partial charge >= 0.3 is 7.82 Å². The number of aromatic nitrogens is 5. The summed E-state index contributed by atoms with van der Waals surface area (Å²) in [5, 5.41) is 13.8. The van der Waals surface area contributed by atoms with E-state index in [2.05, 4.69) is 30.3 Å². The topological polar surface area (TPSA) is 187 Å². The van der Waals surface area contributed by atoms with Gasteiger partial charge in [-0.2, -0.15) is 10.1 Å². The van der Waals surface area contributed by atoms with Gasteiger partial charge in [-0.3, -0.25) is 28.5 Å². The highest BCUT2D eigenvalue weighted by Crippen LogP contribution is 2.47. The number of hydrogen-bond donors (Lipinski definition) is 5. The summed E-state index contributed by atoms with van der Waals surface area (Å²) in [6, 6.07) is 13.0. The molecule has 0 spiro atoms. The summed E-state index contributed by atoms with van der Waals surface area (Å²) in [5.74, 6) is -5.19. The number of amides is 1. The Morgan fingerprint density at radius 2 is 1.92 bits per heavy atom. The Labute approximate surface area is 278 Å². The highest BCUT2D eigenvalue weighted by molar-refractivity contribution is 7.99. The molecule has 1 aliphatic carbocycles. The average Bonchev–Trinajstić information content (AvgIpc) is 3.79. The molecule has 6 rings (SSSR count). The van der Waals surface area contributed by atoms with E-state index in [4.69, 9.17) is 14.8 Å². The first kappa shape index (κ1) is 34.1. The van der Waals surface area contributed by atoms with Gasteiger partial charge < -0.3 is 20.4 Å². The zero-order chi connectivity index (χ0) is 34.2. The number of nitrogens with zero attached hydrogens (tertiary/aromatic N) is 5. The van der Waals surface area contributed by atoms with Gasteiger partial charge in [0.05, 0.1) is 13.2 Å². The van der Waals surface area contributed by atoms with Crippen LogP contribution in [-0.4, -0.2) is 83.1 Å². The van der Waals surface area contributed by atoms with Gasteiger partial charge in [0.15, 0.2) is 11.0 Å².